The molecule has 0 bridgehead atoms. The van der Waals surface area contributed by atoms with Crippen molar-refractivity contribution in [3.05, 3.63) is 119 Å². The van der Waals surface area contributed by atoms with Crippen LogP contribution in [0.15, 0.2) is 97.1 Å². The van der Waals surface area contributed by atoms with Gasteiger partial charge in [0.25, 0.3) is 0 Å². The minimum absolute atomic E-state index is 0.000907. The number of hydrogen-bond acceptors (Lipinski definition) is 7. The molecule has 0 spiro atoms. The van der Waals surface area contributed by atoms with Crippen molar-refractivity contribution in [2.24, 2.45) is 5.92 Å². The summed E-state index contributed by atoms with van der Waals surface area (Å²) in [6, 6.07) is 26.3. The molecule has 0 radical (unpaired) electrons. The van der Waals surface area contributed by atoms with E-state index in [9.17, 15) is 9.59 Å². The third kappa shape index (κ3) is 11.0. The smallest absolute Gasteiger partial charge is 0.335 e. The number of esters is 2. The predicted molar refractivity (Wildman–Crippen MR) is 188 cm³/mol. The SMILES string of the molecule is C=C(CO)C(=O)OCC(CCc1ccc(C2CCC(c3ccc(-c4ccc(CCCCC)cc4)cc3)CO2)cc1)COC(=O)C(=C)CO. The predicted octanol–water partition coefficient (Wildman–Crippen LogP) is 7.45. The van der Waals surface area contributed by atoms with Gasteiger partial charge in [0.15, 0.2) is 0 Å². The normalized spacial score (nSPS) is 16.0. The molecule has 3 aromatic carbocycles. The van der Waals surface area contributed by atoms with Gasteiger partial charge in [-0.05, 0) is 71.9 Å². The van der Waals surface area contributed by atoms with Crippen molar-refractivity contribution in [3.63, 3.8) is 0 Å². The highest BCUT2D eigenvalue weighted by atomic mass is 16.5. The molecule has 256 valence electrons. The van der Waals surface area contributed by atoms with Crippen molar-refractivity contribution < 1.29 is 34.0 Å². The molecule has 7 heteroatoms. The van der Waals surface area contributed by atoms with Crippen LogP contribution in [-0.2, 0) is 36.6 Å². The van der Waals surface area contributed by atoms with Crippen LogP contribution < -0.4 is 0 Å². The monoisotopic (exact) mass is 654 g/mol. The average molecular weight is 655 g/mol. The Morgan fingerprint density at radius 3 is 1.79 bits per heavy atom. The zero-order valence-corrected chi connectivity index (χ0v) is 28.2. The van der Waals surface area contributed by atoms with E-state index in [-0.39, 0.29) is 36.4 Å². The van der Waals surface area contributed by atoms with Crippen LogP contribution in [0.4, 0.5) is 0 Å². The number of hydrogen-bond donors (Lipinski definition) is 2. The molecule has 48 heavy (non-hydrogen) atoms. The Bertz CT molecular complexity index is 1430. The molecule has 1 aliphatic rings. The summed E-state index contributed by atoms with van der Waals surface area (Å²) in [5, 5.41) is 18.3. The molecule has 0 saturated carbocycles. The van der Waals surface area contributed by atoms with Gasteiger partial charge in [0.05, 0.1) is 50.3 Å². The number of aliphatic hydroxyl groups excluding tert-OH is 2. The largest absolute Gasteiger partial charge is 0.462 e. The maximum absolute atomic E-state index is 12.0. The molecule has 1 aliphatic heterocycles. The Morgan fingerprint density at radius 2 is 1.27 bits per heavy atom. The number of unbranched alkanes of at least 4 members (excludes halogenated alkanes) is 2. The number of rotatable bonds is 18. The van der Waals surface area contributed by atoms with Gasteiger partial charge in [0.1, 0.15) is 0 Å². The Kier molecular flexibility index (Phi) is 14.6. The Balaban J connectivity index is 1.26. The fraction of sp³-hybridized carbons (Fsp3) is 0.415. The summed E-state index contributed by atoms with van der Waals surface area (Å²) in [6.45, 7) is 8.91. The van der Waals surface area contributed by atoms with E-state index in [1.807, 2.05) is 0 Å². The molecule has 2 atom stereocenters. The second-order valence-electron chi connectivity index (χ2n) is 12.7. The molecule has 2 unspecified atom stereocenters. The van der Waals surface area contributed by atoms with Crippen molar-refractivity contribution in [1.82, 2.24) is 0 Å². The number of carbonyl (C=O) groups is 2. The van der Waals surface area contributed by atoms with E-state index >= 15 is 0 Å². The quantitative estimate of drug-likeness (QED) is 0.0834. The molecule has 2 N–H and O–H groups in total. The number of carbonyl (C=O) groups excluding carboxylic acids is 2. The fourth-order valence-corrected chi connectivity index (χ4v) is 5.87. The lowest BCUT2D eigenvalue weighted by Crippen LogP contribution is -2.23. The number of aryl methyl sites for hydroxylation is 2. The Hall–Kier alpha value is -4.04. The maximum atomic E-state index is 12.0. The van der Waals surface area contributed by atoms with Crippen molar-refractivity contribution in [1.29, 1.82) is 0 Å². The molecule has 1 fully saturated rings. The Labute approximate surface area is 285 Å². The first-order valence-corrected chi connectivity index (χ1v) is 17.1. The van der Waals surface area contributed by atoms with Crippen molar-refractivity contribution in [2.75, 3.05) is 33.0 Å². The van der Waals surface area contributed by atoms with Gasteiger partial charge in [-0.1, -0.05) is 106 Å². The third-order valence-electron chi connectivity index (χ3n) is 9.07. The van der Waals surface area contributed by atoms with E-state index in [4.69, 9.17) is 24.4 Å². The van der Waals surface area contributed by atoms with E-state index in [1.165, 1.54) is 41.5 Å². The second-order valence-corrected chi connectivity index (χ2v) is 12.7. The lowest BCUT2D eigenvalue weighted by Gasteiger charge is -2.30. The van der Waals surface area contributed by atoms with Crippen LogP contribution in [0.25, 0.3) is 11.1 Å². The third-order valence-corrected chi connectivity index (χ3v) is 9.07. The first kappa shape index (κ1) is 36.8. The van der Waals surface area contributed by atoms with E-state index in [2.05, 4.69) is 92.9 Å². The zero-order chi connectivity index (χ0) is 34.3. The van der Waals surface area contributed by atoms with Crippen LogP contribution in [-0.4, -0.2) is 55.2 Å². The first-order valence-electron chi connectivity index (χ1n) is 17.1. The van der Waals surface area contributed by atoms with E-state index in [1.54, 1.807) is 0 Å². The van der Waals surface area contributed by atoms with Crippen LogP contribution in [0.1, 0.15) is 79.7 Å². The molecule has 7 nitrogen and oxygen atoms in total. The summed E-state index contributed by atoms with van der Waals surface area (Å²) in [7, 11) is 0. The summed E-state index contributed by atoms with van der Waals surface area (Å²) in [4.78, 5) is 24.0. The summed E-state index contributed by atoms with van der Waals surface area (Å²) in [5.41, 5.74) is 7.37. The minimum Gasteiger partial charge on any atom is -0.462 e. The molecule has 1 saturated heterocycles. The lowest BCUT2D eigenvalue weighted by atomic mass is 9.88. The maximum Gasteiger partial charge on any atom is 0.335 e. The summed E-state index contributed by atoms with van der Waals surface area (Å²) in [5.74, 6) is -1.30. The highest BCUT2D eigenvalue weighted by Gasteiger charge is 2.24. The molecule has 0 amide bonds. The van der Waals surface area contributed by atoms with Crippen molar-refractivity contribution in [2.45, 2.75) is 70.3 Å². The van der Waals surface area contributed by atoms with E-state index < -0.39 is 25.2 Å². The van der Waals surface area contributed by atoms with Crippen LogP contribution in [0.2, 0.25) is 0 Å². The molecular formula is C41H50O7. The molecule has 0 aromatic heterocycles. The molecular weight excluding hydrogens is 604 g/mol. The fourth-order valence-electron chi connectivity index (χ4n) is 5.87. The molecule has 3 aromatic rings. The van der Waals surface area contributed by atoms with Gasteiger partial charge in [-0.2, -0.15) is 0 Å². The highest BCUT2D eigenvalue weighted by Crippen LogP contribution is 2.36. The van der Waals surface area contributed by atoms with E-state index in [0.29, 0.717) is 25.4 Å². The highest BCUT2D eigenvalue weighted by molar-refractivity contribution is 5.88. The van der Waals surface area contributed by atoms with E-state index in [0.717, 1.165) is 30.4 Å². The first-order chi connectivity index (χ1) is 23.3. The minimum atomic E-state index is -0.691. The van der Waals surface area contributed by atoms with Crippen LogP contribution in [0.5, 0.6) is 0 Å². The second kappa shape index (κ2) is 19.1. The molecule has 4 rings (SSSR count). The lowest BCUT2D eigenvalue weighted by molar-refractivity contribution is -0.144. The summed E-state index contributed by atoms with van der Waals surface area (Å²) in [6.07, 6.45) is 8.24. The van der Waals surface area contributed by atoms with Gasteiger partial charge in [0, 0.05) is 11.8 Å². The summed E-state index contributed by atoms with van der Waals surface area (Å²) < 4.78 is 16.9. The molecule has 1 heterocycles. The topological polar surface area (TPSA) is 102 Å². The van der Waals surface area contributed by atoms with Gasteiger partial charge in [-0.15, -0.1) is 0 Å². The van der Waals surface area contributed by atoms with Crippen molar-refractivity contribution >= 4 is 11.9 Å². The molecule has 0 aliphatic carbocycles. The van der Waals surface area contributed by atoms with Gasteiger partial charge < -0.3 is 24.4 Å². The Morgan fingerprint density at radius 1 is 0.750 bits per heavy atom. The van der Waals surface area contributed by atoms with Gasteiger partial charge in [-0.3, -0.25) is 0 Å². The number of ether oxygens (including phenoxy) is 3. The zero-order valence-electron chi connectivity index (χ0n) is 28.2. The van der Waals surface area contributed by atoms with Gasteiger partial charge >= 0.3 is 11.9 Å². The standard InChI is InChI=1S/C41H50O7/c1-4-5-6-7-31-10-14-34(15-11-31)35-18-20-36(21-19-35)38-22-23-39(46-28-38)37-16-12-32(13-17-37)8-9-33(26-47-40(44)29(2)24-42)27-48-41(45)30(3)25-43/h10-21,33,38-39,42-43H,2-9,22-28H2,1H3. The van der Waals surface area contributed by atoms with Crippen LogP contribution >= 0.6 is 0 Å². The van der Waals surface area contributed by atoms with Crippen LogP contribution in [0, 0.1) is 5.92 Å². The number of aliphatic hydroxyl groups is 2. The van der Waals surface area contributed by atoms with Crippen molar-refractivity contribution in [3.8, 4) is 11.1 Å². The average Bonchev–Trinajstić information content (AvgIpc) is 3.14. The van der Waals surface area contributed by atoms with Gasteiger partial charge in [-0.25, -0.2) is 9.59 Å². The van der Waals surface area contributed by atoms with Crippen LogP contribution in [0.3, 0.4) is 0 Å². The number of benzene rings is 3. The summed E-state index contributed by atoms with van der Waals surface area (Å²) >= 11 is 0. The van der Waals surface area contributed by atoms with Gasteiger partial charge in [0.2, 0.25) is 0 Å².